The van der Waals surface area contributed by atoms with Crippen molar-refractivity contribution in [1.82, 2.24) is 19.6 Å². The fourth-order valence-corrected chi connectivity index (χ4v) is 2.19. The molecule has 2 aliphatic rings. The molecular formula is C16H34Br2N4. The maximum atomic E-state index is 2.34. The fourth-order valence-electron chi connectivity index (χ4n) is 2.19. The van der Waals surface area contributed by atoms with Gasteiger partial charge in [-0.05, 0) is 12.8 Å². The van der Waals surface area contributed by atoms with E-state index in [-0.39, 0.29) is 34.0 Å². The number of unbranched alkanes of at least 4 members (excludes halogenated alkanes) is 2. The highest BCUT2D eigenvalue weighted by Gasteiger charge is 2.06. The van der Waals surface area contributed by atoms with Crippen LogP contribution in [0.15, 0.2) is 24.8 Å². The maximum absolute atomic E-state index is 2.34. The summed E-state index contributed by atoms with van der Waals surface area (Å²) in [6.45, 7) is 9.00. The van der Waals surface area contributed by atoms with Crippen LogP contribution in [0.2, 0.25) is 0 Å². The second kappa shape index (κ2) is 14.2. The van der Waals surface area contributed by atoms with Crippen molar-refractivity contribution in [3.05, 3.63) is 24.8 Å². The Morgan fingerprint density at radius 2 is 1.05 bits per heavy atom. The predicted molar refractivity (Wildman–Crippen MR) is 107 cm³/mol. The number of halogens is 2. The van der Waals surface area contributed by atoms with Gasteiger partial charge in [-0.2, -0.15) is 0 Å². The summed E-state index contributed by atoms with van der Waals surface area (Å²) in [7, 11) is 4.20. The van der Waals surface area contributed by atoms with Crippen molar-refractivity contribution in [2.45, 2.75) is 39.5 Å². The van der Waals surface area contributed by atoms with Crippen LogP contribution < -0.4 is 0 Å². The molecule has 6 heteroatoms. The highest BCUT2D eigenvalue weighted by molar-refractivity contribution is 8.93. The Bertz CT molecular complexity index is 281. The van der Waals surface area contributed by atoms with Gasteiger partial charge in [-0.3, -0.25) is 0 Å². The van der Waals surface area contributed by atoms with Crippen molar-refractivity contribution < 1.29 is 0 Å². The van der Waals surface area contributed by atoms with Gasteiger partial charge in [0.05, 0.1) is 13.3 Å². The highest BCUT2D eigenvalue weighted by Crippen LogP contribution is 2.05. The van der Waals surface area contributed by atoms with Crippen LogP contribution in [-0.4, -0.2) is 60.1 Å². The molecule has 2 rings (SSSR count). The van der Waals surface area contributed by atoms with Crippen LogP contribution in [0.5, 0.6) is 0 Å². The van der Waals surface area contributed by atoms with E-state index in [9.17, 15) is 0 Å². The third-order valence-electron chi connectivity index (χ3n) is 3.47. The average molecular weight is 442 g/mol. The zero-order chi connectivity index (χ0) is 14.8. The van der Waals surface area contributed by atoms with E-state index in [0.29, 0.717) is 0 Å². The number of hydrogen-bond acceptors (Lipinski definition) is 4. The van der Waals surface area contributed by atoms with Gasteiger partial charge in [0.2, 0.25) is 0 Å². The molecule has 0 aromatic carbocycles. The minimum Gasteiger partial charge on any atom is -0.362 e. The molecule has 0 N–H and O–H groups in total. The van der Waals surface area contributed by atoms with Gasteiger partial charge in [0, 0.05) is 52.0 Å². The largest absolute Gasteiger partial charge is 0.362 e. The summed E-state index contributed by atoms with van der Waals surface area (Å²) >= 11 is 0. The first-order chi connectivity index (χ1) is 9.65. The SMILES string of the molecule is Br.Br.CCCCN1C=CN(C)C1.CCCCN1C=CN(C)C1. The van der Waals surface area contributed by atoms with Crippen molar-refractivity contribution in [2.24, 2.45) is 0 Å². The van der Waals surface area contributed by atoms with Crippen molar-refractivity contribution in [1.29, 1.82) is 0 Å². The lowest BCUT2D eigenvalue weighted by molar-refractivity contribution is 0.293. The van der Waals surface area contributed by atoms with Crippen LogP contribution in [0.3, 0.4) is 0 Å². The molecule has 2 aliphatic heterocycles. The Hall–Kier alpha value is -0.360. The third-order valence-corrected chi connectivity index (χ3v) is 3.47. The van der Waals surface area contributed by atoms with E-state index in [4.69, 9.17) is 0 Å². The second-order valence-corrected chi connectivity index (χ2v) is 5.72. The van der Waals surface area contributed by atoms with Crippen LogP contribution >= 0.6 is 34.0 Å². The Kier molecular flexibility index (Phi) is 15.5. The lowest BCUT2D eigenvalue weighted by Crippen LogP contribution is -2.23. The summed E-state index contributed by atoms with van der Waals surface area (Å²) in [5, 5.41) is 0. The van der Waals surface area contributed by atoms with Crippen LogP contribution in [0.1, 0.15) is 39.5 Å². The minimum atomic E-state index is 0. The molecule has 0 saturated carbocycles. The molecule has 22 heavy (non-hydrogen) atoms. The van der Waals surface area contributed by atoms with E-state index in [1.807, 2.05) is 0 Å². The topological polar surface area (TPSA) is 13.0 Å². The lowest BCUT2D eigenvalue weighted by atomic mass is 10.3. The third kappa shape index (κ3) is 10.4. The fraction of sp³-hybridized carbons (Fsp3) is 0.750. The summed E-state index contributed by atoms with van der Waals surface area (Å²) in [5.74, 6) is 0. The molecule has 0 aromatic rings. The smallest absolute Gasteiger partial charge is 0.0890 e. The van der Waals surface area contributed by atoms with Crippen LogP contribution in [-0.2, 0) is 0 Å². The normalized spacial score (nSPS) is 15.5. The molecule has 0 unspecified atom stereocenters. The van der Waals surface area contributed by atoms with E-state index in [0.717, 1.165) is 13.3 Å². The van der Waals surface area contributed by atoms with E-state index in [1.54, 1.807) is 0 Å². The van der Waals surface area contributed by atoms with Gasteiger partial charge in [-0.25, -0.2) is 0 Å². The molecule has 0 radical (unpaired) electrons. The zero-order valence-electron chi connectivity index (χ0n) is 14.6. The quantitative estimate of drug-likeness (QED) is 0.615. The number of nitrogens with zero attached hydrogens (tertiary/aromatic N) is 4. The molecule has 2 heterocycles. The molecule has 0 fully saturated rings. The van der Waals surface area contributed by atoms with Crippen LogP contribution in [0, 0.1) is 0 Å². The maximum Gasteiger partial charge on any atom is 0.0890 e. The van der Waals surface area contributed by atoms with Gasteiger partial charge < -0.3 is 19.6 Å². The van der Waals surface area contributed by atoms with E-state index < -0.39 is 0 Å². The molecular weight excluding hydrogens is 408 g/mol. The van der Waals surface area contributed by atoms with Crippen molar-refractivity contribution in [3.63, 3.8) is 0 Å². The van der Waals surface area contributed by atoms with Gasteiger partial charge >= 0.3 is 0 Å². The van der Waals surface area contributed by atoms with Gasteiger partial charge in [0.25, 0.3) is 0 Å². The zero-order valence-corrected chi connectivity index (χ0v) is 18.0. The summed E-state index contributed by atoms with van der Waals surface area (Å²) in [6.07, 6.45) is 13.7. The molecule has 0 amide bonds. The van der Waals surface area contributed by atoms with Crippen molar-refractivity contribution in [3.8, 4) is 0 Å². The monoisotopic (exact) mass is 440 g/mol. The Morgan fingerprint density at radius 3 is 1.27 bits per heavy atom. The standard InChI is InChI=1S/2C8H16N2.2BrH/c2*1-3-4-5-10-7-6-9(2)8-10;;/h2*6-7H,3-5,8H2,1-2H3;2*1H. The van der Waals surface area contributed by atoms with Gasteiger partial charge in [-0.1, -0.05) is 26.7 Å². The summed E-state index contributed by atoms with van der Waals surface area (Å²) in [5.41, 5.74) is 0. The van der Waals surface area contributed by atoms with E-state index in [2.05, 4.69) is 72.3 Å². The summed E-state index contributed by atoms with van der Waals surface area (Å²) in [4.78, 5) is 9.05. The van der Waals surface area contributed by atoms with Crippen LogP contribution in [0.4, 0.5) is 0 Å². The van der Waals surface area contributed by atoms with E-state index >= 15 is 0 Å². The average Bonchev–Trinajstić information content (AvgIpc) is 3.03. The first kappa shape index (κ1) is 23.9. The molecule has 0 spiro atoms. The first-order valence-corrected chi connectivity index (χ1v) is 7.91. The summed E-state index contributed by atoms with van der Waals surface area (Å²) in [6, 6.07) is 0. The molecule has 0 atom stereocenters. The van der Waals surface area contributed by atoms with Crippen LogP contribution in [0.25, 0.3) is 0 Å². The second-order valence-electron chi connectivity index (χ2n) is 5.72. The Morgan fingerprint density at radius 1 is 0.682 bits per heavy atom. The van der Waals surface area contributed by atoms with Gasteiger partial charge in [-0.15, -0.1) is 34.0 Å². The predicted octanol–water partition coefficient (Wildman–Crippen LogP) is 4.08. The Balaban J connectivity index is 0. The molecule has 132 valence electrons. The Labute approximate surface area is 158 Å². The van der Waals surface area contributed by atoms with E-state index in [1.165, 1.54) is 38.8 Å². The van der Waals surface area contributed by atoms with Crippen molar-refractivity contribution in [2.75, 3.05) is 40.5 Å². The number of hydrogen-bond donors (Lipinski definition) is 0. The molecule has 0 bridgehead atoms. The van der Waals surface area contributed by atoms with Crippen molar-refractivity contribution >= 4 is 34.0 Å². The van der Waals surface area contributed by atoms with Gasteiger partial charge in [0.1, 0.15) is 0 Å². The number of rotatable bonds is 6. The highest BCUT2D eigenvalue weighted by atomic mass is 79.9. The minimum absolute atomic E-state index is 0. The molecule has 0 aliphatic carbocycles. The molecule has 4 nitrogen and oxygen atoms in total. The molecule has 0 saturated heterocycles. The molecule has 0 aromatic heterocycles. The lowest BCUT2D eigenvalue weighted by Gasteiger charge is -2.17. The summed E-state index contributed by atoms with van der Waals surface area (Å²) < 4.78 is 0. The van der Waals surface area contributed by atoms with Gasteiger partial charge in [0.15, 0.2) is 0 Å². The first-order valence-electron chi connectivity index (χ1n) is 7.91.